The molecule has 0 amide bonds. The van der Waals surface area contributed by atoms with Crippen molar-refractivity contribution in [2.75, 3.05) is 0 Å². The van der Waals surface area contributed by atoms with Crippen LogP contribution >= 0.6 is 122 Å². The molecular formula is C26H32Br2I4O. The van der Waals surface area contributed by atoms with Gasteiger partial charge in [-0.25, -0.2) is 0 Å². The number of halogens is 6. The fourth-order valence-electron chi connectivity index (χ4n) is 5.94. The smallest absolute Gasteiger partial charge is 0.132 e. The number of alkyl halides is 2. The van der Waals surface area contributed by atoms with Gasteiger partial charge in [-0.1, -0.05) is 109 Å². The van der Waals surface area contributed by atoms with Crippen molar-refractivity contribution in [2.24, 2.45) is 22.7 Å². The number of hydrogen-bond acceptors (Lipinski definition) is 1. The van der Waals surface area contributed by atoms with Gasteiger partial charge in [0.2, 0.25) is 0 Å². The van der Waals surface area contributed by atoms with Crippen LogP contribution in [0.5, 0.6) is 5.75 Å². The summed E-state index contributed by atoms with van der Waals surface area (Å²) in [5.74, 6) is 1.49. The Hall–Kier alpha value is 2.38. The number of phenolic OH excluding ortho intramolecular Hbond substituents is 1. The van der Waals surface area contributed by atoms with Crippen molar-refractivity contribution in [1.82, 2.24) is 0 Å². The lowest BCUT2D eigenvalue weighted by Gasteiger charge is -2.50. The van der Waals surface area contributed by atoms with Crippen LogP contribution in [0.1, 0.15) is 64.9 Å². The minimum absolute atomic E-state index is 0.139. The van der Waals surface area contributed by atoms with E-state index in [0.29, 0.717) is 27.2 Å². The average Bonchev–Trinajstić information content (AvgIpc) is 2.76. The average molecular weight is 1030 g/mol. The highest BCUT2D eigenvalue weighted by Gasteiger charge is 2.47. The van der Waals surface area contributed by atoms with E-state index < -0.39 is 0 Å². The Bertz CT molecular complexity index is 929. The molecule has 0 radical (unpaired) electrons. The van der Waals surface area contributed by atoms with Crippen LogP contribution in [-0.4, -0.2) is 14.8 Å². The zero-order chi connectivity index (χ0) is 24.6. The summed E-state index contributed by atoms with van der Waals surface area (Å²) in [6.07, 6.45) is 8.05. The van der Waals surface area contributed by atoms with E-state index in [1.54, 1.807) is 11.1 Å². The Labute approximate surface area is 271 Å². The van der Waals surface area contributed by atoms with Crippen molar-refractivity contribution < 1.29 is 5.11 Å². The molecule has 5 atom stereocenters. The first kappa shape index (κ1) is 29.9. The molecule has 0 aliphatic heterocycles. The number of benzene rings is 1. The highest BCUT2D eigenvalue weighted by molar-refractivity contribution is 14.1. The Morgan fingerprint density at radius 2 is 1.55 bits per heavy atom. The second kappa shape index (κ2) is 12.5. The molecule has 2 saturated carbocycles. The van der Waals surface area contributed by atoms with Gasteiger partial charge in [-0.15, -0.1) is 0 Å². The van der Waals surface area contributed by atoms with Crippen LogP contribution in [0.4, 0.5) is 0 Å². The Balaban J connectivity index is 1.94. The van der Waals surface area contributed by atoms with Gasteiger partial charge in [0.1, 0.15) is 5.75 Å². The van der Waals surface area contributed by atoms with Crippen LogP contribution in [0.2, 0.25) is 0 Å². The summed E-state index contributed by atoms with van der Waals surface area (Å²) < 4.78 is 6.83. The first-order valence-corrected chi connectivity index (χ1v) is 18.0. The van der Waals surface area contributed by atoms with Gasteiger partial charge >= 0.3 is 0 Å². The van der Waals surface area contributed by atoms with Gasteiger partial charge < -0.3 is 5.11 Å². The Kier molecular flexibility index (Phi) is 11.3. The summed E-state index contributed by atoms with van der Waals surface area (Å²) in [5, 5.41) is 10.9. The normalized spacial score (nSPS) is 34.7. The molecule has 1 N–H and O–H groups in total. The van der Waals surface area contributed by atoms with Crippen LogP contribution in [0.15, 0.2) is 31.4 Å². The van der Waals surface area contributed by atoms with Crippen molar-refractivity contribution >= 4 is 122 Å². The number of aromatic hydroxyl groups is 1. The van der Waals surface area contributed by atoms with Gasteiger partial charge in [-0.2, -0.15) is 0 Å². The zero-order valence-electron chi connectivity index (χ0n) is 19.3. The summed E-state index contributed by atoms with van der Waals surface area (Å²) in [7, 11) is 0. The third-order valence-corrected chi connectivity index (χ3v) is 14.5. The lowest BCUT2D eigenvalue weighted by atomic mass is 9.58. The van der Waals surface area contributed by atoms with E-state index in [1.807, 2.05) is 0 Å². The Morgan fingerprint density at radius 3 is 2.15 bits per heavy atom. The molecule has 3 rings (SSSR count). The second-order valence-corrected chi connectivity index (χ2v) is 16.3. The lowest BCUT2D eigenvalue weighted by Crippen LogP contribution is -2.44. The van der Waals surface area contributed by atoms with Crippen LogP contribution in [0, 0.1) is 29.8 Å². The van der Waals surface area contributed by atoms with Crippen LogP contribution in [0.3, 0.4) is 0 Å². The van der Waals surface area contributed by atoms with Crippen molar-refractivity contribution in [3.8, 4) is 5.75 Å². The summed E-state index contributed by atoms with van der Waals surface area (Å²) in [4.78, 5) is 1.05. The SMILES string of the molecule is CC1(C)C(Br)CCC(=CI)C1CCC1(C)C(Br)CCC(=CI)C1Cc1cc(I)cc(I)c1O. The number of hydrogen-bond donors (Lipinski definition) is 1. The molecule has 0 saturated heterocycles. The Morgan fingerprint density at radius 1 is 0.970 bits per heavy atom. The first-order chi connectivity index (χ1) is 15.4. The van der Waals surface area contributed by atoms with Crippen molar-refractivity contribution in [2.45, 2.75) is 75.4 Å². The molecule has 2 fully saturated rings. The molecule has 0 aromatic heterocycles. The van der Waals surface area contributed by atoms with E-state index in [0.717, 1.165) is 22.0 Å². The van der Waals surface area contributed by atoms with Crippen LogP contribution < -0.4 is 0 Å². The van der Waals surface area contributed by atoms with Gasteiger partial charge in [0.05, 0.1) is 3.57 Å². The fraction of sp³-hybridized carbons (Fsp3) is 0.615. The number of rotatable bonds is 5. The van der Waals surface area contributed by atoms with E-state index in [9.17, 15) is 5.11 Å². The molecular weight excluding hydrogens is 996 g/mol. The molecule has 1 nitrogen and oxygen atoms in total. The van der Waals surface area contributed by atoms with Crippen molar-refractivity contribution in [3.63, 3.8) is 0 Å². The number of phenols is 1. The monoisotopic (exact) mass is 1030 g/mol. The van der Waals surface area contributed by atoms with Gasteiger partial charge in [-0.3, -0.25) is 0 Å². The van der Waals surface area contributed by atoms with Crippen LogP contribution in [0.25, 0.3) is 0 Å². The third-order valence-electron chi connectivity index (χ3n) is 8.27. The van der Waals surface area contributed by atoms with Gasteiger partial charge in [0.15, 0.2) is 0 Å². The minimum atomic E-state index is 0.139. The zero-order valence-corrected chi connectivity index (χ0v) is 31.1. The predicted molar refractivity (Wildman–Crippen MR) is 183 cm³/mol. The topological polar surface area (TPSA) is 20.2 Å². The molecule has 184 valence electrons. The van der Waals surface area contributed by atoms with Gasteiger partial charge in [0.25, 0.3) is 0 Å². The molecule has 0 bridgehead atoms. The van der Waals surface area contributed by atoms with E-state index in [2.05, 4.69) is 163 Å². The van der Waals surface area contributed by atoms with Gasteiger partial charge in [-0.05, 0) is 139 Å². The highest BCUT2D eigenvalue weighted by Crippen LogP contribution is 2.56. The van der Waals surface area contributed by atoms with Crippen molar-refractivity contribution in [1.29, 1.82) is 0 Å². The molecule has 33 heavy (non-hydrogen) atoms. The second-order valence-electron chi connectivity index (χ2n) is 10.5. The molecule has 0 heterocycles. The molecule has 1 aromatic rings. The minimum Gasteiger partial charge on any atom is -0.507 e. The van der Waals surface area contributed by atoms with E-state index in [4.69, 9.17) is 0 Å². The maximum Gasteiger partial charge on any atom is 0.132 e. The standard InChI is InChI=1S/C26H32Br2I4O/c1-25(2)19(15(13-29)4-6-22(25)27)8-9-26(3)20(16(14-30)5-7-23(26)28)11-17-10-18(31)12-21(32)24(17)33/h10,12-14,19-20,22-23,33H,4-9,11H2,1-3H3. The number of allylic oxidation sites excluding steroid dienone is 2. The molecule has 1 aromatic carbocycles. The summed E-state index contributed by atoms with van der Waals surface area (Å²) in [6.45, 7) is 7.40. The molecule has 7 heteroatoms. The first-order valence-electron chi connectivity index (χ1n) is 11.5. The lowest BCUT2D eigenvalue weighted by molar-refractivity contribution is 0.118. The summed E-state index contributed by atoms with van der Waals surface area (Å²) >= 11 is 17.7. The summed E-state index contributed by atoms with van der Waals surface area (Å²) in [5.41, 5.74) is 4.66. The summed E-state index contributed by atoms with van der Waals surface area (Å²) in [6, 6.07) is 4.24. The third kappa shape index (κ3) is 6.52. The van der Waals surface area contributed by atoms with Gasteiger partial charge in [0, 0.05) is 13.2 Å². The van der Waals surface area contributed by atoms with E-state index in [1.165, 1.54) is 35.7 Å². The molecule has 0 spiro atoms. The fourth-order valence-corrected chi connectivity index (χ4v) is 10.7. The molecule has 2 aliphatic rings. The highest BCUT2D eigenvalue weighted by atomic mass is 127. The quantitative estimate of drug-likeness (QED) is 0.230. The van der Waals surface area contributed by atoms with Crippen LogP contribution in [-0.2, 0) is 6.42 Å². The maximum absolute atomic E-state index is 10.9. The largest absolute Gasteiger partial charge is 0.507 e. The predicted octanol–water partition coefficient (Wildman–Crippen LogP) is 10.9. The maximum atomic E-state index is 10.9. The van der Waals surface area contributed by atoms with E-state index >= 15 is 0 Å². The van der Waals surface area contributed by atoms with E-state index in [-0.39, 0.29) is 10.8 Å². The molecule has 5 unspecified atom stereocenters. The molecule has 2 aliphatic carbocycles. The van der Waals surface area contributed by atoms with Crippen molar-refractivity contribution in [3.05, 3.63) is 44.1 Å².